The summed E-state index contributed by atoms with van der Waals surface area (Å²) in [4.78, 5) is 11.2. The number of carbonyl (C=O) groups excluding carboxylic acids is 1. The van der Waals surface area contributed by atoms with Crippen molar-refractivity contribution in [1.29, 1.82) is 0 Å². The Morgan fingerprint density at radius 2 is 2.06 bits per heavy atom. The average molecular weight is 263 g/mol. The molecule has 7 nitrogen and oxygen atoms in total. The van der Waals surface area contributed by atoms with Gasteiger partial charge in [0.1, 0.15) is 5.69 Å². The number of aryl methyl sites for hydroxylation is 1. The Hall–Kier alpha value is -1.41. The van der Waals surface area contributed by atoms with Crippen molar-refractivity contribution >= 4 is 16.0 Å². The van der Waals surface area contributed by atoms with Crippen LogP contribution in [-0.4, -0.2) is 31.3 Å². The SMILES string of the molecule is CC.CCn1nc(S(N)(=O)=O)cc1C(=O)OC. The van der Waals surface area contributed by atoms with Crippen LogP contribution in [0.3, 0.4) is 0 Å². The van der Waals surface area contributed by atoms with Gasteiger partial charge in [-0.15, -0.1) is 0 Å². The van der Waals surface area contributed by atoms with E-state index in [-0.39, 0.29) is 10.7 Å². The zero-order valence-electron chi connectivity index (χ0n) is 10.3. The number of sulfonamides is 1. The van der Waals surface area contributed by atoms with Crippen molar-refractivity contribution in [3.63, 3.8) is 0 Å². The van der Waals surface area contributed by atoms with E-state index in [4.69, 9.17) is 5.14 Å². The van der Waals surface area contributed by atoms with Crippen molar-refractivity contribution in [3.05, 3.63) is 11.8 Å². The zero-order valence-corrected chi connectivity index (χ0v) is 11.1. The number of hydrogen-bond acceptors (Lipinski definition) is 5. The maximum Gasteiger partial charge on any atom is 0.356 e. The number of esters is 1. The molecule has 0 aliphatic heterocycles. The molecule has 0 aromatic carbocycles. The molecule has 1 heterocycles. The highest BCUT2D eigenvalue weighted by Gasteiger charge is 2.20. The van der Waals surface area contributed by atoms with Crippen LogP contribution in [0.1, 0.15) is 31.3 Å². The molecule has 0 aliphatic rings. The van der Waals surface area contributed by atoms with Gasteiger partial charge in [0.2, 0.25) is 0 Å². The third kappa shape index (κ3) is 3.82. The Labute approximate surface area is 101 Å². The number of nitrogens with two attached hydrogens (primary N) is 1. The number of methoxy groups -OCH3 is 1. The first-order valence-corrected chi connectivity index (χ1v) is 6.63. The highest BCUT2D eigenvalue weighted by atomic mass is 32.2. The lowest BCUT2D eigenvalue weighted by atomic mass is 10.4. The van der Waals surface area contributed by atoms with E-state index in [1.165, 1.54) is 11.8 Å². The lowest BCUT2D eigenvalue weighted by Gasteiger charge is -2.00. The molecule has 0 saturated heterocycles. The molecule has 0 fully saturated rings. The minimum Gasteiger partial charge on any atom is -0.464 e. The van der Waals surface area contributed by atoms with Crippen LogP contribution in [0, 0.1) is 0 Å². The summed E-state index contributed by atoms with van der Waals surface area (Å²) in [5, 5.41) is 8.21. The number of rotatable bonds is 3. The predicted octanol–water partition coefficient (Wildman–Crippen LogP) is 0.363. The van der Waals surface area contributed by atoms with Crippen LogP contribution in [0.5, 0.6) is 0 Å². The van der Waals surface area contributed by atoms with Crippen molar-refractivity contribution in [2.24, 2.45) is 5.14 Å². The molecule has 0 radical (unpaired) electrons. The van der Waals surface area contributed by atoms with E-state index >= 15 is 0 Å². The molecule has 0 saturated carbocycles. The van der Waals surface area contributed by atoms with Crippen LogP contribution in [-0.2, 0) is 21.3 Å². The van der Waals surface area contributed by atoms with Crippen LogP contribution in [0.4, 0.5) is 0 Å². The molecule has 0 amide bonds. The molecule has 0 bridgehead atoms. The van der Waals surface area contributed by atoms with E-state index in [1.54, 1.807) is 6.92 Å². The van der Waals surface area contributed by atoms with Crippen LogP contribution >= 0.6 is 0 Å². The van der Waals surface area contributed by atoms with Crippen molar-refractivity contribution in [2.45, 2.75) is 32.3 Å². The molecule has 0 spiro atoms. The minimum atomic E-state index is -3.90. The Morgan fingerprint density at radius 1 is 1.53 bits per heavy atom. The van der Waals surface area contributed by atoms with Crippen molar-refractivity contribution < 1.29 is 17.9 Å². The van der Waals surface area contributed by atoms with E-state index in [0.29, 0.717) is 6.54 Å². The minimum absolute atomic E-state index is 0.0593. The Bertz CT molecular complexity index is 478. The van der Waals surface area contributed by atoms with Gasteiger partial charge in [0, 0.05) is 12.6 Å². The third-order valence-corrected chi connectivity index (χ3v) is 2.53. The Morgan fingerprint density at radius 3 is 2.41 bits per heavy atom. The van der Waals surface area contributed by atoms with E-state index in [0.717, 1.165) is 6.07 Å². The summed E-state index contributed by atoms with van der Waals surface area (Å²) in [6, 6.07) is 1.09. The number of aromatic nitrogens is 2. The van der Waals surface area contributed by atoms with E-state index in [9.17, 15) is 13.2 Å². The maximum atomic E-state index is 11.2. The Balaban J connectivity index is 0.00000121. The topological polar surface area (TPSA) is 104 Å². The van der Waals surface area contributed by atoms with Gasteiger partial charge in [0.25, 0.3) is 10.0 Å². The summed E-state index contributed by atoms with van der Waals surface area (Å²) in [6.45, 7) is 6.06. The molecule has 98 valence electrons. The molecular formula is C9H17N3O4S. The van der Waals surface area contributed by atoms with Crippen LogP contribution in [0.2, 0.25) is 0 Å². The van der Waals surface area contributed by atoms with Crippen molar-refractivity contribution in [2.75, 3.05) is 7.11 Å². The van der Waals surface area contributed by atoms with Gasteiger partial charge >= 0.3 is 5.97 Å². The normalized spacial score (nSPS) is 10.4. The molecule has 1 aromatic heterocycles. The van der Waals surface area contributed by atoms with E-state index in [2.05, 4.69) is 9.84 Å². The van der Waals surface area contributed by atoms with Gasteiger partial charge in [-0.25, -0.2) is 18.4 Å². The zero-order chi connectivity index (χ0) is 13.6. The summed E-state index contributed by atoms with van der Waals surface area (Å²) in [5.41, 5.74) is 0.0593. The molecule has 8 heteroatoms. The number of ether oxygens (including phenoxy) is 1. The summed E-state index contributed by atoms with van der Waals surface area (Å²) < 4.78 is 27.6. The first-order valence-electron chi connectivity index (χ1n) is 5.09. The molecular weight excluding hydrogens is 246 g/mol. The van der Waals surface area contributed by atoms with Gasteiger partial charge in [-0.05, 0) is 6.92 Å². The number of nitrogens with zero attached hydrogens (tertiary/aromatic N) is 2. The fraction of sp³-hybridized carbons (Fsp3) is 0.556. The number of carbonyl (C=O) groups is 1. The number of primary sulfonamides is 1. The lowest BCUT2D eigenvalue weighted by molar-refractivity contribution is 0.0586. The third-order valence-electron chi connectivity index (χ3n) is 1.74. The summed E-state index contributed by atoms with van der Waals surface area (Å²) in [7, 11) is -2.70. The van der Waals surface area contributed by atoms with Gasteiger partial charge in [-0.2, -0.15) is 5.10 Å². The van der Waals surface area contributed by atoms with Gasteiger partial charge in [0.05, 0.1) is 7.11 Å². The van der Waals surface area contributed by atoms with Crippen molar-refractivity contribution in [1.82, 2.24) is 9.78 Å². The highest BCUT2D eigenvalue weighted by Crippen LogP contribution is 2.09. The Kier molecular flexibility index (Phi) is 5.83. The summed E-state index contributed by atoms with van der Waals surface area (Å²) >= 11 is 0. The predicted molar refractivity (Wildman–Crippen MR) is 62.0 cm³/mol. The van der Waals surface area contributed by atoms with Crippen LogP contribution in [0.25, 0.3) is 0 Å². The molecule has 1 rings (SSSR count). The van der Waals surface area contributed by atoms with Gasteiger partial charge in [-0.3, -0.25) is 4.68 Å². The molecule has 1 aromatic rings. The first kappa shape index (κ1) is 15.6. The fourth-order valence-electron chi connectivity index (χ4n) is 1.04. The highest BCUT2D eigenvalue weighted by molar-refractivity contribution is 7.89. The molecule has 0 unspecified atom stereocenters. The molecule has 0 aliphatic carbocycles. The standard InChI is InChI=1S/C7H11N3O4S.C2H6/c1-3-10-5(7(11)14-2)4-6(9-10)15(8,12)13;1-2/h4H,3H2,1-2H3,(H2,8,12,13);1-2H3. The van der Waals surface area contributed by atoms with Crippen LogP contribution in [0.15, 0.2) is 11.1 Å². The van der Waals surface area contributed by atoms with Gasteiger partial charge < -0.3 is 4.74 Å². The van der Waals surface area contributed by atoms with E-state index < -0.39 is 16.0 Å². The van der Waals surface area contributed by atoms with E-state index in [1.807, 2.05) is 13.8 Å². The first-order chi connectivity index (χ1) is 7.90. The fourth-order valence-corrected chi connectivity index (χ4v) is 1.53. The average Bonchev–Trinajstić information content (AvgIpc) is 2.74. The maximum absolute atomic E-state index is 11.2. The second-order valence-corrected chi connectivity index (χ2v) is 4.23. The molecule has 2 N–H and O–H groups in total. The number of hydrogen-bond donors (Lipinski definition) is 1. The summed E-state index contributed by atoms with van der Waals surface area (Å²) in [5.74, 6) is -0.653. The second kappa shape index (κ2) is 6.36. The molecule has 0 atom stereocenters. The van der Waals surface area contributed by atoms with Crippen molar-refractivity contribution in [3.8, 4) is 0 Å². The smallest absolute Gasteiger partial charge is 0.356 e. The lowest BCUT2D eigenvalue weighted by Crippen LogP contribution is -2.13. The quantitative estimate of drug-likeness (QED) is 0.793. The van der Waals surface area contributed by atoms with Gasteiger partial charge in [-0.1, -0.05) is 13.8 Å². The second-order valence-electron chi connectivity index (χ2n) is 2.72. The van der Waals surface area contributed by atoms with Gasteiger partial charge in [0.15, 0.2) is 5.03 Å². The summed E-state index contributed by atoms with van der Waals surface area (Å²) in [6.07, 6.45) is 0. The largest absolute Gasteiger partial charge is 0.464 e. The van der Waals surface area contributed by atoms with Crippen LogP contribution < -0.4 is 5.14 Å². The monoisotopic (exact) mass is 263 g/mol. The molecule has 17 heavy (non-hydrogen) atoms.